The predicted molar refractivity (Wildman–Crippen MR) is 68.9 cm³/mol. The third kappa shape index (κ3) is 3.59. The molecule has 0 spiro atoms. The molecule has 0 aliphatic heterocycles. The van der Waals surface area contributed by atoms with Crippen molar-refractivity contribution in [2.24, 2.45) is 5.73 Å². The highest BCUT2D eigenvalue weighted by atomic mass is 19.1. The third-order valence-corrected chi connectivity index (χ3v) is 2.56. The van der Waals surface area contributed by atoms with Crippen molar-refractivity contribution in [1.82, 2.24) is 0 Å². The lowest BCUT2D eigenvalue weighted by Gasteiger charge is -2.16. The topological polar surface area (TPSA) is 90.4 Å². The molecule has 1 rings (SSSR count). The minimum Gasteiger partial charge on any atom is -0.398 e. The van der Waals surface area contributed by atoms with Crippen LogP contribution in [0.25, 0.3) is 0 Å². The van der Waals surface area contributed by atoms with Crippen molar-refractivity contribution in [2.45, 2.75) is 19.4 Å². The molecule has 1 aromatic rings. The van der Waals surface area contributed by atoms with Gasteiger partial charge in [0.15, 0.2) is 0 Å². The van der Waals surface area contributed by atoms with E-state index in [2.05, 4.69) is 5.32 Å². The number of hydrogen-bond donors (Lipinski definition) is 3. The summed E-state index contributed by atoms with van der Waals surface area (Å²) in [5, 5.41) is 2.95. The fourth-order valence-corrected chi connectivity index (χ4v) is 1.54. The first kappa shape index (κ1) is 14.2. The zero-order valence-electron chi connectivity index (χ0n) is 10.5. The van der Waals surface area contributed by atoms with Crippen LogP contribution in [0.5, 0.6) is 0 Å². The first-order valence-corrected chi connectivity index (χ1v) is 5.60. The first-order chi connectivity index (χ1) is 8.45. The molecule has 0 aliphatic rings. The van der Waals surface area contributed by atoms with E-state index < -0.39 is 11.7 Å². The number of nitrogens with one attached hydrogen (secondary N) is 1. The summed E-state index contributed by atoms with van der Waals surface area (Å²) >= 11 is 0. The molecule has 0 radical (unpaired) electrons. The van der Waals surface area contributed by atoms with E-state index >= 15 is 0 Å². The Morgan fingerprint density at radius 3 is 2.78 bits per heavy atom. The Kier molecular flexibility index (Phi) is 4.91. The van der Waals surface area contributed by atoms with E-state index in [1.165, 1.54) is 6.07 Å². The Hall–Kier alpha value is -1.82. The summed E-state index contributed by atoms with van der Waals surface area (Å²) in [6, 6.07) is 2.42. The fraction of sp³-hybridized carbons (Fsp3) is 0.417. The van der Waals surface area contributed by atoms with Crippen molar-refractivity contribution in [2.75, 3.05) is 24.8 Å². The molecule has 1 amide bonds. The molecule has 0 heterocycles. The zero-order chi connectivity index (χ0) is 13.7. The quantitative estimate of drug-likeness (QED) is 0.669. The number of hydrogen-bond acceptors (Lipinski definition) is 4. The number of ether oxygens (including phenoxy) is 1. The van der Waals surface area contributed by atoms with Gasteiger partial charge in [-0.15, -0.1) is 0 Å². The van der Waals surface area contributed by atoms with E-state index in [1.54, 1.807) is 7.11 Å². The normalized spacial score (nSPS) is 12.2. The second-order valence-electron chi connectivity index (χ2n) is 4.11. The van der Waals surface area contributed by atoms with Crippen LogP contribution in [0.1, 0.15) is 23.7 Å². The van der Waals surface area contributed by atoms with Crippen LogP contribution in [0.4, 0.5) is 15.8 Å². The molecule has 0 bridgehead atoms. The maximum atomic E-state index is 13.7. The van der Waals surface area contributed by atoms with Crippen molar-refractivity contribution in [3.05, 3.63) is 23.5 Å². The van der Waals surface area contributed by atoms with Crippen molar-refractivity contribution in [3.8, 4) is 0 Å². The van der Waals surface area contributed by atoms with Gasteiger partial charge in [-0.25, -0.2) is 4.39 Å². The van der Waals surface area contributed by atoms with E-state index in [1.807, 2.05) is 6.92 Å². The van der Waals surface area contributed by atoms with E-state index in [0.717, 1.165) is 6.07 Å². The highest BCUT2D eigenvalue weighted by Crippen LogP contribution is 2.22. The molecular formula is C12H18FN3O2. The van der Waals surface area contributed by atoms with Gasteiger partial charge in [-0.2, -0.15) is 0 Å². The second-order valence-corrected chi connectivity index (χ2v) is 4.11. The molecule has 0 saturated carbocycles. The van der Waals surface area contributed by atoms with Crippen molar-refractivity contribution in [3.63, 3.8) is 0 Å². The predicted octanol–water partition coefficient (Wildman–Crippen LogP) is 1.34. The molecule has 0 saturated heterocycles. The number of halogens is 1. The Labute approximate surface area is 105 Å². The zero-order valence-corrected chi connectivity index (χ0v) is 10.5. The number of carbonyl (C=O) groups excluding carboxylic acids is 1. The standard InChI is InChI=1S/C12H18FN3O2/c1-7(3-4-18-2)16-11-5-8(12(15)17)10(14)6-9(11)13/h5-7,16H,3-4,14H2,1-2H3,(H2,15,17). The number of rotatable bonds is 6. The first-order valence-electron chi connectivity index (χ1n) is 5.60. The van der Waals surface area contributed by atoms with Gasteiger partial charge in [-0.3, -0.25) is 4.79 Å². The van der Waals surface area contributed by atoms with Crippen LogP contribution in [0, 0.1) is 5.82 Å². The maximum absolute atomic E-state index is 13.7. The smallest absolute Gasteiger partial charge is 0.250 e. The maximum Gasteiger partial charge on any atom is 0.250 e. The fourth-order valence-electron chi connectivity index (χ4n) is 1.54. The lowest BCUT2D eigenvalue weighted by molar-refractivity contribution is 0.100. The van der Waals surface area contributed by atoms with Crippen LogP contribution in [-0.2, 0) is 4.74 Å². The van der Waals surface area contributed by atoms with Gasteiger partial charge in [0.2, 0.25) is 0 Å². The van der Waals surface area contributed by atoms with Gasteiger partial charge in [0.1, 0.15) is 5.82 Å². The lowest BCUT2D eigenvalue weighted by atomic mass is 10.1. The van der Waals surface area contributed by atoms with E-state index in [4.69, 9.17) is 16.2 Å². The van der Waals surface area contributed by atoms with E-state index in [0.29, 0.717) is 13.0 Å². The SMILES string of the molecule is COCCC(C)Nc1cc(C(N)=O)c(N)cc1F. The van der Waals surface area contributed by atoms with Crippen molar-refractivity contribution < 1.29 is 13.9 Å². The number of carbonyl (C=O) groups is 1. The third-order valence-electron chi connectivity index (χ3n) is 2.56. The average Bonchev–Trinajstić information content (AvgIpc) is 2.29. The number of nitrogens with two attached hydrogens (primary N) is 2. The molecule has 1 atom stereocenters. The van der Waals surface area contributed by atoms with Gasteiger partial charge in [0, 0.05) is 25.4 Å². The van der Waals surface area contributed by atoms with Gasteiger partial charge < -0.3 is 21.5 Å². The summed E-state index contributed by atoms with van der Waals surface area (Å²) in [4.78, 5) is 11.1. The van der Waals surface area contributed by atoms with Crippen LogP contribution < -0.4 is 16.8 Å². The molecule has 0 aromatic heterocycles. The Morgan fingerprint density at radius 2 is 2.22 bits per heavy atom. The number of amides is 1. The Bertz CT molecular complexity index is 438. The van der Waals surface area contributed by atoms with Crippen LogP contribution >= 0.6 is 0 Å². The van der Waals surface area contributed by atoms with Crippen molar-refractivity contribution >= 4 is 17.3 Å². The minimum absolute atomic E-state index is 0.00352. The molecule has 1 aromatic carbocycles. The number of benzene rings is 1. The molecule has 18 heavy (non-hydrogen) atoms. The van der Waals surface area contributed by atoms with Gasteiger partial charge >= 0.3 is 0 Å². The molecular weight excluding hydrogens is 237 g/mol. The largest absolute Gasteiger partial charge is 0.398 e. The summed E-state index contributed by atoms with van der Waals surface area (Å²) in [5.74, 6) is -1.19. The van der Waals surface area contributed by atoms with Gasteiger partial charge in [-0.1, -0.05) is 0 Å². The number of anilines is 2. The van der Waals surface area contributed by atoms with Crippen LogP contribution in [-0.4, -0.2) is 25.7 Å². The van der Waals surface area contributed by atoms with Gasteiger partial charge in [0.25, 0.3) is 5.91 Å². The summed E-state index contributed by atoms with van der Waals surface area (Å²) < 4.78 is 18.6. The molecule has 0 fully saturated rings. The highest BCUT2D eigenvalue weighted by molar-refractivity contribution is 5.99. The van der Waals surface area contributed by atoms with Gasteiger partial charge in [0.05, 0.1) is 11.3 Å². The van der Waals surface area contributed by atoms with Crippen LogP contribution in [0.3, 0.4) is 0 Å². The van der Waals surface area contributed by atoms with Gasteiger partial charge in [-0.05, 0) is 25.5 Å². The number of methoxy groups -OCH3 is 1. The monoisotopic (exact) mass is 255 g/mol. The van der Waals surface area contributed by atoms with Crippen LogP contribution in [0.15, 0.2) is 12.1 Å². The molecule has 6 heteroatoms. The molecule has 5 N–H and O–H groups in total. The minimum atomic E-state index is -0.680. The molecule has 0 aliphatic carbocycles. The average molecular weight is 255 g/mol. The highest BCUT2D eigenvalue weighted by Gasteiger charge is 2.13. The Balaban J connectivity index is 2.88. The van der Waals surface area contributed by atoms with E-state index in [9.17, 15) is 9.18 Å². The summed E-state index contributed by atoms with van der Waals surface area (Å²) in [7, 11) is 1.60. The van der Waals surface area contributed by atoms with E-state index in [-0.39, 0.29) is 23.0 Å². The summed E-state index contributed by atoms with van der Waals surface area (Å²) in [5.41, 5.74) is 11.0. The summed E-state index contributed by atoms with van der Waals surface area (Å²) in [6.07, 6.45) is 0.715. The second kappa shape index (κ2) is 6.20. The molecule has 100 valence electrons. The Morgan fingerprint density at radius 1 is 1.56 bits per heavy atom. The summed E-state index contributed by atoms with van der Waals surface area (Å²) in [6.45, 7) is 2.45. The van der Waals surface area contributed by atoms with Crippen LogP contribution in [0.2, 0.25) is 0 Å². The molecule has 1 unspecified atom stereocenters. The lowest BCUT2D eigenvalue weighted by Crippen LogP contribution is -2.20. The van der Waals surface area contributed by atoms with Crippen molar-refractivity contribution in [1.29, 1.82) is 0 Å². The number of nitrogen functional groups attached to an aromatic ring is 1. The molecule has 5 nitrogen and oxygen atoms in total. The number of primary amides is 1.